The fraction of sp³-hybridized carbons (Fsp3) is 0.611. The Morgan fingerprint density at radius 3 is 2.19 bits per heavy atom. The first kappa shape index (κ1) is 14.6. The molecule has 1 saturated carbocycles. The Hall–Kier alpha value is -1.35. The lowest BCUT2D eigenvalue weighted by Crippen LogP contribution is -2.45. The van der Waals surface area contributed by atoms with Crippen LogP contribution in [0.15, 0.2) is 24.3 Å². The van der Waals surface area contributed by atoms with Crippen LogP contribution in [-0.4, -0.2) is 23.9 Å². The van der Waals surface area contributed by atoms with E-state index < -0.39 is 5.41 Å². The molecule has 0 spiro atoms. The average Bonchev–Trinajstić information content (AvgIpc) is 3.26. The van der Waals surface area contributed by atoms with Crippen LogP contribution in [0.25, 0.3) is 0 Å². The van der Waals surface area contributed by atoms with E-state index in [4.69, 9.17) is 5.73 Å². The third kappa shape index (κ3) is 2.71. The molecule has 0 radical (unpaired) electrons. The van der Waals surface area contributed by atoms with Gasteiger partial charge in [0.2, 0.25) is 5.91 Å². The summed E-state index contributed by atoms with van der Waals surface area (Å²) < 4.78 is 0. The number of likely N-dealkylation sites (tertiary alicyclic amines) is 1. The van der Waals surface area contributed by atoms with Gasteiger partial charge in [-0.15, -0.1) is 0 Å². The van der Waals surface area contributed by atoms with Crippen molar-refractivity contribution in [1.29, 1.82) is 0 Å². The Bertz CT molecular complexity index is 523. The van der Waals surface area contributed by atoms with Gasteiger partial charge in [-0.05, 0) is 57.1 Å². The fourth-order valence-corrected chi connectivity index (χ4v) is 3.26. The van der Waals surface area contributed by atoms with Crippen molar-refractivity contribution in [2.75, 3.05) is 13.1 Å². The summed E-state index contributed by atoms with van der Waals surface area (Å²) in [4.78, 5) is 14.8. The summed E-state index contributed by atoms with van der Waals surface area (Å²) in [6, 6.07) is 8.38. The molecule has 1 aliphatic carbocycles. The second kappa shape index (κ2) is 5.13. The molecular weight excluding hydrogens is 260 g/mol. The summed E-state index contributed by atoms with van der Waals surface area (Å²) in [5.41, 5.74) is 7.96. The van der Waals surface area contributed by atoms with Gasteiger partial charge in [0.15, 0.2) is 0 Å². The van der Waals surface area contributed by atoms with Gasteiger partial charge < -0.3 is 10.6 Å². The quantitative estimate of drug-likeness (QED) is 0.928. The van der Waals surface area contributed by atoms with Gasteiger partial charge in [-0.25, -0.2) is 0 Å². The van der Waals surface area contributed by atoms with Crippen molar-refractivity contribution in [2.45, 2.75) is 56.9 Å². The highest BCUT2D eigenvalue weighted by atomic mass is 16.2. The lowest BCUT2D eigenvalue weighted by Gasteiger charge is -2.34. The SMILES string of the molecule is CC(C)(C(=O)N1CCCCC1)c1ccc(C2(N)CC2)cc1. The van der Waals surface area contributed by atoms with E-state index in [0.717, 1.165) is 44.3 Å². The Labute approximate surface area is 127 Å². The summed E-state index contributed by atoms with van der Waals surface area (Å²) in [5.74, 6) is 0.254. The van der Waals surface area contributed by atoms with Crippen molar-refractivity contribution >= 4 is 5.91 Å². The molecule has 2 N–H and O–H groups in total. The minimum absolute atomic E-state index is 0.0977. The predicted molar refractivity (Wildman–Crippen MR) is 85.0 cm³/mol. The van der Waals surface area contributed by atoms with Crippen LogP contribution in [0.2, 0.25) is 0 Å². The number of piperidine rings is 1. The molecule has 3 nitrogen and oxygen atoms in total. The van der Waals surface area contributed by atoms with Crippen molar-refractivity contribution in [3.05, 3.63) is 35.4 Å². The number of amides is 1. The van der Waals surface area contributed by atoms with Gasteiger partial charge in [0, 0.05) is 18.6 Å². The van der Waals surface area contributed by atoms with E-state index in [-0.39, 0.29) is 11.4 Å². The molecule has 1 amide bonds. The normalized spacial score (nSPS) is 21.2. The van der Waals surface area contributed by atoms with Crippen LogP contribution in [0, 0.1) is 0 Å². The molecule has 1 aromatic carbocycles. The average molecular weight is 286 g/mol. The molecule has 3 rings (SSSR count). The second-order valence-electron chi connectivity index (χ2n) is 7.21. The zero-order chi connectivity index (χ0) is 15.1. The standard InChI is InChI=1S/C18H26N2O/c1-17(2,16(21)20-12-4-3-5-13-20)14-6-8-15(9-7-14)18(19)10-11-18/h6-9H,3-5,10-13,19H2,1-2H3. The van der Waals surface area contributed by atoms with Gasteiger partial charge in [0.25, 0.3) is 0 Å². The molecule has 1 saturated heterocycles. The summed E-state index contributed by atoms with van der Waals surface area (Å²) in [7, 11) is 0. The number of carbonyl (C=O) groups excluding carboxylic acids is 1. The van der Waals surface area contributed by atoms with E-state index in [0.29, 0.717) is 0 Å². The monoisotopic (exact) mass is 286 g/mol. The first-order chi connectivity index (χ1) is 9.93. The third-order valence-corrected chi connectivity index (χ3v) is 5.15. The lowest BCUT2D eigenvalue weighted by atomic mass is 9.82. The Balaban J connectivity index is 1.78. The molecule has 21 heavy (non-hydrogen) atoms. The fourth-order valence-electron chi connectivity index (χ4n) is 3.26. The van der Waals surface area contributed by atoms with Gasteiger partial charge in [0.05, 0.1) is 5.41 Å². The minimum Gasteiger partial charge on any atom is -0.342 e. The largest absolute Gasteiger partial charge is 0.342 e. The molecule has 2 aliphatic rings. The van der Waals surface area contributed by atoms with Gasteiger partial charge in [-0.1, -0.05) is 24.3 Å². The maximum atomic E-state index is 12.8. The van der Waals surface area contributed by atoms with E-state index in [1.54, 1.807) is 0 Å². The molecule has 114 valence electrons. The molecular formula is C18H26N2O. The maximum absolute atomic E-state index is 12.8. The Morgan fingerprint density at radius 2 is 1.67 bits per heavy atom. The van der Waals surface area contributed by atoms with E-state index >= 15 is 0 Å². The number of nitrogens with zero attached hydrogens (tertiary/aromatic N) is 1. The van der Waals surface area contributed by atoms with Gasteiger partial charge >= 0.3 is 0 Å². The van der Waals surface area contributed by atoms with Gasteiger partial charge in [-0.2, -0.15) is 0 Å². The molecule has 0 unspecified atom stereocenters. The topological polar surface area (TPSA) is 46.3 Å². The third-order valence-electron chi connectivity index (χ3n) is 5.15. The van der Waals surface area contributed by atoms with E-state index in [9.17, 15) is 4.79 Å². The zero-order valence-corrected chi connectivity index (χ0v) is 13.2. The smallest absolute Gasteiger partial charge is 0.232 e. The minimum atomic E-state index is -0.457. The summed E-state index contributed by atoms with van der Waals surface area (Å²) >= 11 is 0. The molecule has 0 atom stereocenters. The van der Waals surface area contributed by atoms with Crippen molar-refractivity contribution in [1.82, 2.24) is 4.90 Å². The summed E-state index contributed by atoms with van der Waals surface area (Å²) in [6.07, 6.45) is 5.66. The number of nitrogens with two attached hydrogens (primary N) is 1. The Morgan fingerprint density at radius 1 is 1.10 bits per heavy atom. The number of hydrogen-bond acceptors (Lipinski definition) is 2. The van der Waals surface area contributed by atoms with Crippen LogP contribution in [0.3, 0.4) is 0 Å². The summed E-state index contributed by atoms with van der Waals surface area (Å²) in [5, 5.41) is 0. The van der Waals surface area contributed by atoms with Crippen molar-refractivity contribution in [2.24, 2.45) is 5.73 Å². The number of rotatable bonds is 3. The van der Waals surface area contributed by atoms with E-state index in [1.165, 1.54) is 12.0 Å². The molecule has 3 heteroatoms. The van der Waals surface area contributed by atoms with Crippen molar-refractivity contribution in [3.63, 3.8) is 0 Å². The molecule has 1 aliphatic heterocycles. The van der Waals surface area contributed by atoms with Crippen LogP contribution < -0.4 is 5.73 Å². The first-order valence-corrected chi connectivity index (χ1v) is 8.13. The maximum Gasteiger partial charge on any atom is 0.232 e. The molecule has 0 aromatic heterocycles. The molecule has 2 fully saturated rings. The highest BCUT2D eigenvalue weighted by molar-refractivity contribution is 5.87. The second-order valence-corrected chi connectivity index (χ2v) is 7.21. The van der Waals surface area contributed by atoms with Crippen LogP contribution in [0.5, 0.6) is 0 Å². The van der Waals surface area contributed by atoms with E-state index in [2.05, 4.69) is 24.3 Å². The predicted octanol–water partition coefficient (Wildman–Crippen LogP) is 2.92. The van der Waals surface area contributed by atoms with E-state index in [1.807, 2.05) is 18.7 Å². The number of benzene rings is 1. The highest BCUT2D eigenvalue weighted by Crippen LogP contribution is 2.43. The lowest BCUT2D eigenvalue weighted by molar-refractivity contribution is -0.137. The molecule has 1 heterocycles. The zero-order valence-electron chi connectivity index (χ0n) is 13.2. The Kier molecular flexibility index (Phi) is 3.56. The van der Waals surface area contributed by atoms with Crippen LogP contribution in [0.1, 0.15) is 57.1 Å². The van der Waals surface area contributed by atoms with Crippen LogP contribution >= 0.6 is 0 Å². The van der Waals surface area contributed by atoms with Crippen LogP contribution in [-0.2, 0) is 15.7 Å². The van der Waals surface area contributed by atoms with Crippen LogP contribution in [0.4, 0.5) is 0 Å². The molecule has 0 bridgehead atoms. The highest BCUT2D eigenvalue weighted by Gasteiger charge is 2.40. The summed E-state index contributed by atoms with van der Waals surface area (Å²) in [6.45, 7) is 5.89. The van der Waals surface area contributed by atoms with Gasteiger partial charge in [0.1, 0.15) is 0 Å². The van der Waals surface area contributed by atoms with Crippen molar-refractivity contribution < 1.29 is 4.79 Å². The van der Waals surface area contributed by atoms with Gasteiger partial charge in [-0.3, -0.25) is 4.79 Å². The van der Waals surface area contributed by atoms with Crippen molar-refractivity contribution in [3.8, 4) is 0 Å². The first-order valence-electron chi connectivity index (χ1n) is 8.13. The number of hydrogen-bond donors (Lipinski definition) is 1. The number of carbonyl (C=O) groups is 1. The molecule has 1 aromatic rings.